The van der Waals surface area contributed by atoms with Gasteiger partial charge in [-0.2, -0.15) is 0 Å². The minimum absolute atomic E-state index is 0.224. The van der Waals surface area contributed by atoms with Gasteiger partial charge in [0.25, 0.3) is 0 Å². The van der Waals surface area contributed by atoms with Crippen molar-refractivity contribution in [2.75, 3.05) is 5.75 Å². The molecule has 1 heterocycles. The molecule has 1 rings (SSSR count). The molecule has 1 aliphatic heterocycles. The minimum Gasteiger partial charge on any atom is -0.418 e. The lowest BCUT2D eigenvalue weighted by atomic mass is 10.1. The summed E-state index contributed by atoms with van der Waals surface area (Å²) in [6.07, 6.45) is 1.92. The Kier molecular flexibility index (Phi) is 7.01. The molecule has 0 aromatic heterocycles. The predicted octanol–water partition coefficient (Wildman–Crippen LogP) is 3.04. The third kappa shape index (κ3) is 7.29. The second kappa shape index (κ2) is 7.52. The lowest BCUT2D eigenvalue weighted by molar-refractivity contribution is 0.137. The first-order valence-electron chi connectivity index (χ1n) is 7.97. The van der Waals surface area contributed by atoms with E-state index < -0.39 is 24.5 Å². The molecule has 1 aliphatic rings. The summed E-state index contributed by atoms with van der Waals surface area (Å²) in [7, 11) is -4.28. The highest BCUT2D eigenvalue weighted by molar-refractivity contribution is 8.26. The lowest BCUT2D eigenvalue weighted by Crippen LogP contribution is -2.46. The van der Waals surface area contributed by atoms with E-state index in [-0.39, 0.29) is 16.2 Å². The zero-order valence-corrected chi connectivity index (χ0v) is 19.9. The number of hydrogen-bond donors (Lipinski definition) is 1. The molecule has 24 heavy (non-hydrogen) atoms. The zero-order valence-electron chi connectivity index (χ0n) is 16.0. The molecule has 0 saturated carbocycles. The lowest BCUT2D eigenvalue weighted by Gasteiger charge is -2.35. The highest BCUT2D eigenvalue weighted by atomic mass is 32.3. The molecule has 0 spiro atoms. The van der Waals surface area contributed by atoms with Crippen LogP contribution in [0.25, 0.3) is 0 Å². The molecule has 0 aromatic rings. The summed E-state index contributed by atoms with van der Waals surface area (Å²) in [5.74, 6) is 0.782. The Morgan fingerprint density at radius 1 is 1.25 bits per heavy atom. The van der Waals surface area contributed by atoms with Gasteiger partial charge >= 0.3 is 0 Å². The second-order valence-corrected chi connectivity index (χ2v) is 16.0. The first-order valence-corrected chi connectivity index (χ1v) is 12.7. The van der Waals surface area contributed by atoms with Gasteiger partial charge in [-0.05, 0) is 39.7 Å². The smallest absolute Gasteiger partial charge is 0.240 e. The maximum atomic E-state index is 11.9. The first-order chi connectivity index (χ1) is 10.5. The number of hydrogen-bond acceptors (Lipinski definition) is 6. The van der Waals surface area contributed by atoms with E-state index in [1.165, 1.54) is 11.8 Å². The van der Waals surface area contributed by atoms with Crippen molar-refractivity contribution < 1.29 is 12.8 Å². The van der Waals surface area contributed by atoms with Crippen LogP contribution in [-0.4, -0.2) is 44.7 Å². The molecular formula is C15H32N2O3S3Si. The van der Waals surface area contributed by atoms with Crippen LogP contribution < -0.4 is 5.14 Å². The van der Waals surface area contributed by atoms with Crippen molar-refractivity contribution in [1.82, 2.24) is 4.90 Å². The maximum absolute atomic E-state index is 11.9. The molecule has 0 bridgehead atoms. The molecule has 5 nitrogen and oxygen atoms in total. The fraction of sp³-hybridized carbons (Fsp3) is 0.867. The van der Waals surface area contributed by atoms with Crippen LogP contribution >= 0.6 is 23.5 Å². The van der Waals surface area contributed by atoms with Crippen LogP contribution in [0.3, 0.4) is 0 Å². The molecular weight excluding hydrogens is 380 g/mol. The third-order valence-corrected chi connectivity index (χ3v) is 9.51. The Morgan fingerprint density at radius 3 is 2.17 bits per heavy atom. The van der Waals surface area contributed by atoms with Crippen LogP contribution in [-0.2, 0) is 14.4 Å². The Morgan fingerprint density at radius 2 is 1.79 bits per heavy atom. The molecule has 0 saturated heterocycles. The number of nitrogens with two attached hydrogens (primary N) is 1. The molecule has 0 aliphatic carbocycles. The monoisotopic (exact) mass is 412 g/mol. The summed E-state index contributed by atoms with van der Waals surface area (Å²) in [5, 5.41) is 5.67. The van der Waals surface area contributed by atoms with E-state index in [0.29, 0.717) is 0 Å². The average molecular weight is 413 g/mol. The van der Waals surface area contributed by atoms with Gasteiger partial charge in [-0.15, -0.1) is 11.8 Å². The summed E-state index contributed by atoms with van der Waals surface area (Å²) >= 11 is 2.95. The van der Waals surface area contributed by atoms with E-state index in [4.69, 9.17) is 9.56 Å². The summed E-state index contributed by atoms with van der Waals surface area (Å²) in [5.41, 5.74) is -0.532. The van der Waals surface area contributed by atoms with Crippen molar-refractivity contribution in [1.29, 1.82) is 0 Å². The highest BCUT2D eigenvalue weighted by Crippen LogP contribution is 2.45. The van der Waals surface area contributed by atoms with E-state index >= 15 is 0 Å². The summed E-state index contributed by atoms with van der Waals surface area (Å²) in [4.78, 5) is 1.83. The number of rotatable bonds is 6. The van der Waals surface area contributed by atoms with Gasteiger partial charge in [-0.1, -0.05) is 32.5 Å². The van der Waals surface area contributed by atoms with Gasteiger partial charge in [-0.3, -0.25) is 0 Å². The normalized spacial score (nSPS) is 21.0. The average Bonchev–Trinajstić information content (AvgIpc) is 2.77. The molecule has 142 valence electrons. The Balaban J connectivity index is 2.75. The molecule has 1 atom stereocenters. The van der Waals surface area contributed by atoms with Crippen LogP contribution in [0.4, 0.5) is 0 Å². The maximum Gasteiger partial charge on any atom is 0.240 e. The van der Waals surface area contributed by atoms with E-state index in [2.05, 4.69) is 34.6 Å². The molecule has 2 N–H and O–H groups in total. The van der Waals surface area contributed by atoms with Gasteiger partial charge < -0.3 is 9.33 Å². The topological polar surface area (TPSA) is 72.6 Å². The summed E-state index contributed by atoms with van der Waals surface area (Å²) in [6.45, 7) is 16.8. The Labute approximate surface area is 158 Å². The van der Waals surface area contributed by atoms with Crippen molar-refractivity contribution in [2.45, 2.75) is 76.3 Å². The zero-order chi connectivity index (χ0) is 19.0. The molecule has 0 fully saturated rings. The standard InChI is InChI=1S/C15H32N2O3S3Si/c1-13(2,3)17-9-11(22-12(17)23(16,18)19)21-10-15(7,8)20-24-14(4,5)6/h9,12H,10,24H2,1-8H3,(H2,16,18,19). The van der Waals surface area contributed by atoms with Crippen molar-refractivity contribution in [2.24, 2.45) is 5.14 Å². The van der Waals surface area contributed by atoms with Gasteiger partial charge in [0.15, 0.2) is 14.5 Å². The summed E-state index contributed by atoms with van der Waals surface area (Å²) < 4.78 is 30.2. The van der Waals surface area contributed by atoms with Gasteiger partial charge in [0, 0.05) is 17.5 Å². The quantitative estimate of drug-likeness (QED) is 0.676. The van der Waals surface area contributed by atoms with E-state index in [9.17, 15) is 8.42 Å². The third-order valence-electron chi connectivity index (χ3n) is 3.20. The molecule has 0 radical (unpaired) electrons. The van der Waals surface area contributed by atoms with Crippen LogP contribution in [0, 0.1) is 0 Å². The van der Waals surface area contributed by atoms with Crippen LogP contribution in [0.15, 0.2) is 10.4 Å². The van der Waals surface area contributed by atoms with Crippen molar-refractivity contribution in [3.63, 3.8) is 0 Å². The van der Waals surface area contributed by atoms with Gasteiger partial charge in [-0.25, -0.2) is 13.6 Å². The van der Waals surface area contributed by atoms with Gasteiger partial charge in [0.1, 0.15) is 0 Å². The van der Waals surface area contributed by atoms with Gasteiger partial charge in [0.2, 0.25) is 10.0 Å². The predicted molar refractivity (Wildman–Crippen MR) is 110 cm³/mol. The number of sulfonamides is 1. The van der Waals surface area contributed by atoms with Gasteiger partial charge in [0.05, 0.1) is 9.84 Å². The number of thioether (sulfide) groups is 2. The van der Waals surface area contributed by atoms with Crippen molar-refractivity contribution in [3.8, 4) is 0 Å². The second-order valence-electron chi connectivity index (χ2n) is 8.94. The Hall–Kier alpha value is 0.327. The van der Waals surface area contributed by atoms with Crippen molar-refractivity contribution in [3.05, 3.63) is 10.4 Å². The number of primary sulfonamides is 1. The van der Waals surface area contributed by atoms with Crippen molar-refractivity contribution >= 4 is 43.3 Å². The summed E-state index contributed by atoms with van der Waals surface area (Å²) in [6, 6.07) is 0. The highest BCUT2D eigenvalue weighted by Gasteiger charge is 2.40. The van der Waals surface area contributed by atoms with E-state index in [0.717, 1.165) is 9.99 Å². The van der Waals surface area contributed by atoms with Crippen LogP contribution in [0.5, 0.6) is 0 Å². The Bertz CT molecular complexity index is 578. The molecule has 0 amide bonds. The largest absolute Gasteiger partial charge is 0.418 e. The first kappa shape index (κ1) is 22.4. The molecule has 9 heteroatoms. The van der Waals surface area contributed by atoms with E-state index in [1.807, 2.05) is 31.9 Å². The fourth-order valence-corrected chi connectivity index (χ4v) is 7.01. The fourth-order valence-electron chi connectivity index (χ4n) is 1.87. The van der Waals surface area contributed by atoms with Crippen LogP contribution in [0.1, 0.15) is 55.4 Å². The van der Waals surface area contributed by atoms with E-state index in [1.54, 1.807) is 11.8 Å². The minimum atomic E-state index is -3.65. The molecule has 0 aromatic carbocycles. The number of nitrogens with zero attached hydrogens (tertiary/aromatic N) is 1. The molecule has 1 unspecified atom stereocenters. The van der Waals surface area contributed by atoms with Crippen LogP contribution in [0.2, 0.25) is 5.04 Å². The SMILES string of the molecule is CC(C)(CSC1=CN(C(C)(C)C)C(S(N)(=O)=O)S1)O[SiH2]C(C)(C)C.